The van der Waals surface area contributed by atoms with Gasteiger partial charge < -0.3 is 15.7 Å². The van der Waals surface area contributed by atoms with Crippen molar-refractivity contribution in [2.45, 2.75) is 25.9 Å². The highest BCUT2D eigenvalue weighted by molar-refractivity contribution is 6.30. The average molecular weight is 296 g/mol. The number of rotatable bonds is 3. The molecule has 1 aromatic rings. The van der Waals surface area contributed by atoms with Gasteiger partial charge in [-0.25, -0.2) is 0 Å². The third-order valence-electron chi connectivity index (χ3n) is 3.66. The molecule has 2 atom stereocenters. The van der Waals surface area contributed by atoms with Crippen LogP contribution in [-0.2, 0) is 0 Å². The minimum atomic E-state index is -0.645. The van der Waals surface area contributed by atoms with Gasteiger partial charge in [0.15, 0.2) is 5.96 Å². The van der Waals surface area contributed by atoms with Gasteiger partial charge in [0.2, 0.25) is 0 Å². The van der Waals surface area contributed by atoms with Crippen LogP contribution in [0.5, 0.6) is 0 Å². The molecule has 0 saturated carbocycles. The van der Waals surface area contributed by atoms with Crippen LogP contribution in [0.2, 0.25) is 5.02 Å². The van der Waals surface area contributed by atoms with Gasteiger partial charge in [0.05, 0.1) is 12.6 Å². The van der Waals surface area contributed by atoms with Gasteiger partial charge in [0.1, 0.15) is 0 Å². The normalized spacial score (nSPS) is 21.9. The molecule has 1 aliphatic rings. The van der Waals surface area contributed by atoms with Crippen molar-refractivity contribution in [1.82, 2.24) is 4.90 Å². The molecule has 2 unspecified atom stereocenters. The molecule has 0 aliphatic carbocycles. The molecule has 1 aromatic carbocycles. The summed E-state index contributed by atoms with van der Waals surface area (Å²) in [5.41, 5.74) is 6.81. The number of nitrogens with two attached hydrogens (primary N) is 1. The fourth-order valence-corrected chi connectivity index (χ4v) is 2.59. The number of piperidine rings is 1. The van der Waals surface area contributed by atoms with E-state index in [-0.39, 0.29) is 6.54 Å². The fraction of sp³-hybridized carbons (Fsp3) is 0.533. The largest absolute Gasteiger partial charge is 0.386 e. The first kappa shape index (κ1) is 15.1. The lowest BCUT2D eigenvalue weighted by Gasteiger charge is -2.31. The van der Waals surface area contributed by atoms with Crippen LogP contribution in [0.3, 0.4) is 0 Å². The van der Waals surface area contributed by atoms with Gasteiger partial charge in [-0.05, 0) is 36.5 Å². The van der Waals surface area contributed by atoms with Gasteiger partial charge in [-0.2, -0.15) is 0 Å². The van der Waals surface area contributed by atoms with E-state index in [1.165, 1.54) is 6.42 Å². The molecule has 1 heterocycles. The van der Waals surface area contributed by atoms with Crippen LogP contribution in [0.1, 0.15) is 31.4 Å². The van der Waals surface area contributed by atoms with Crippen molar-refractivity contribution in [3.63, 3.8) is 0 Å². The fourth-order valence-electron chi connectivity index (χ4n) is 2.47. The van der Waals surface area contributed by atoms with Gasteiger partial charge >= 0.3 is 0 Å². The van der Waals surface area contributed by atoms with E-state index in [9.17, 15) is 5.11 Å². The van der Waals surface area contributed by atoms with E-state index in [4.69, 9.17) is 17.3 Å². The summed E-state index contributed by atoms with van der Waals surface area (Å²) < 4.78 is 0. The van der Waals surface area contributed by atoms with Crippen molar-refractivity contribution in [3.05, 3.63) is 34.9 Å². The Morgan fingerprint density at radius 1 is 1.50 bits per heavy atom. The van der Waals surface area contributed by atoms with Crippen LogP contribution in [0.4, 0.5) is 0 Å². The number of benzene rings is 1. The monoisotopic (exact) mass is 295 g/mol. The van der Waals surface area contributed by atoms with E-state index < -0.39 is 6.10 Å². The molecule has 110 valence electrons. The Hall–Kier alpha value is -1.26. The number of nitrogens with zero attached hydrogens (tertiary/aromatic N) is 2. The Morgan fingerprint density at radius 2 is 2.20 bits per heavy atom. The highest BCUT2D eigenvalue weighted by Crippen LogP contribution is 2.18. The maximum Gasteiger partial charge on any atom is 0.191 e. The molecule has 0 radical (unpaired) electrons. The van der Waals surface area contributed by atoms with Crippen LogP contribution < -0.4 is 5.73 Å². The molecule has 0 amide bonds. The highest BCUT2D eigenvalue weighted by Gasteiger charge is 2.18. The summed E-state index contributed by atoms with van der Waals surface area (Å²) in [5.74, 6) is 1.18. The lowest BCUT2D eigenvalue weighted by atomic mass is 10.0. The first-order valence-electron chi connectivity index (χ1n) is 7.04. The molecule has 0 aromatic heterocycles. The van der Waals surface area contributed by atoms with Gasteiger partial charge in [-0.1, -0.05) is 30.7 Å². The van der Waals surface area contributed by atoms with Crippen LogP contribution in [0.25, 0.3) is 0 Å². The van der Waals surface area contributed by atoms with Gasteiger partial charge in [-0.15, -0.1) is 0 Å². The number of halogens is 1. The summed E-state index contributed by atoms with van der Waals surface area (Å²) in [6, 6.07) is 7.14. The van der Waals surface area contributed by atoms with Crippen molar-refractivity contribution in [2.24, 2.45) is 16.6 Å². The maximum atomic E-state index is 10.1. The van der Waals surface area contributed by atoms with Crippen molar-refractivity contribution in [2.75, 3.05) is 19.6 Å². The Morgan fingerprint density at radius 3 is 2.85 bits per heavy atom. The van der Waals surface area contributed by atoms with Crippen LogP contribution >= 0.6 is 11.6 Å². The summed E-state index contributed by atoms with van der Waals surface area (Å²) in [6.45, 7) is 4.41. The zero-order valence-corrected chi connectivity index (χ0v) is 12.6. The molecule has 3 N–H and O–H groups in total. The summed E-state index contributed by atoms with van der Waals surface area (Å²) in [5, 5.41) is 10.7. The molecule has 20 heavy (non-hydrogen) atoms. The average Bonchev–Trinajstić information content (AvgIpc) is 2.45. The predicted octanol–water partition coefficient (Wildman–Crippen LogP) is 2.42. The summed E-state index contributed by atoms with van der Waals surface area (Å²) in [6.07, 6.45) is 1.75. The number of aliphatic hydroxyl groups is 1. The number of likely N-dealkylation sites (tertiary alicyclic amines) is 1. The molecular formula is C15H22ClN3O. The van der Waals surface area contributed by atoms with Crippen molar-refractivity contribution < 1.29 is 5.11 Å². The maximum absolute atomic E-state index is 10.1. The number of hydrogen-bond acceptors (Lipinski definition) is 2. The first-order valence-corrected chi connectivity index (χ1v) is 7.42. The molecular weight excluding hydrogens is 274 g/mol. The van der Waals surface area contributed by atoms with E-state index in [1.807, 2.05) is 12.1 Å². The molecule has 1 saturated heterocycles. The van der Waals surface area contributed by atoms with E-state index in [0.717, 1.165) is 25.1 Å². The van der Waals surface area contributed by atoms with Crippen LogP contribution in [0, 0.1) is 5.92 Å². The number of aliphatic hydroxyl groups excluding tert-OH is 1. The van der Waals surface area contributed by atoms with E-state index in [2.05, 4.69) is 16.8 Å². The predicted molar refractivity (Wildman–Crippen MR) is 82.9 cm³/mol. The Balaban J connectivity index is 1.92. The van der Waals surface area contributed by atoms with E-state index >= 15 is 0 Å². The van der Waals surface area contributed by atoms with E-state index in [1.54, 1.807) is 12.1 Å². The summed E-state index contributed by atoms with van der Waals surface area (Å²) >= 11 is 5.82. The van der Waals surface area contributed by atoms with Gasteiger partial charge in [0.25, 0.3) is 0 Å². The second-order valence-electron chi connectivity index (χ2n) is 5.46. The number of aliphatic imine (C=N–C) groups is 1. The van der Waals surface area contributed by atoms with Gasteiger partial charge in [0, 0.05) is 18.1 Å². The molecule has 0 bridgehead atoms. The number of hydrogen-bond donors (Lipinski definition) is 2. The zero-order chi connectivity index (χ0) is 14.5. The van der Waals surface area contributed by atoms with Crippen LogP contribution in [0.15, 0.2) is 29.3 Å². The molecule has 2 rings (SSSR count). The van der Waals surface area contributed by atoms with Crippen molar-refractivity contribution in [1.29, 1.82) is 0 Å². The SMILES string of the molecule is CC1CCCN(C(N)=NCC(O)c2ccc(Cl)cc2)C1. The zero-order valence-electron chi connectivity index (χ0n) is 11.8. The highest BCUT2D eigenvalue weighted by atomic mass is 35.5. The third kappa shape index (κ3) is 4.12. The Labute approximate surface area is 125 Å². The molecule has 1 aliphatic heterocycles. The summed E-state index contributed by atoms with van der Waals surface area (Å²) in [7, 11) is 0. The second kappa shape index (κ2) is 6.95. The first-order chi connectivity index (χ1) is 9.56. The molecule has 4 nitrogen and oxygen atoms in total. The standard InChI is InChI=1S/C15H22ClN3O/c1-11-3-2-8-19(10-11)15(17)18-9-14(20)12-4-6-13(16)7-5-12/h4-7,11,14,20H,2-3,8-10H2,1H3,(H2,17,18). The minimum absolute atomic E-state index is 0.276. The molecule has 1 fully saturated rings. The summed E-state index contributed by atoms with van der Waals surface area (Å²) in [4.78, 5) is 6.42. The molecule has 0 spiro atoms. The number of guanidine groups is 1. The molecule has 5 heteroatoms. The lowest BCUT2D eigenvalue weighted by Crippen LogP contribution is -2.43. The minimum Gasteiger partial charge on any atom is -0.386 e. The third-order valence-corrected chi connectivity index (χ3v) is 3.91. The quantitative estimate of drug-likeness (QED) is 0.665. The lowest BCUT2D eigenvalue weighted by molar-refractivity contribution is 0.186. The topological polar surface area (TPSA) is 61.8 Å². The van der Waals surface area contributed by atoms with Crippen molar-refractivity contribution >= 4 is 17.6 Å². The Bertz CT molecular complexity index is 461. The second-order valence-corrected chi connectivity index (χ2v) is 5.90. The van der Waals surface area contributed by atoms with E-state index in [0.29, 0.717) is 16.9 Å². The van der Waals surface area contributed by atoms with Crippen molar-refractivity contribution in [3.8, 4) is 0 Å². The van der Waals surface area contributed by atoms with Crippen LogP contribution in [-0.4, -0.2) is 35.6 Å². The Kier molecular flexibility index (Phi) is 5.26. The van der Waals surface area contributed by atoms with Gasteiger partial charge in [-0.3, -0.25) is 4.99 Å². The smallest absolute Gasteiger partial charge is 0.191 e.